The third-order valence-electron chi connectivity index (χ3n) is 13.6. The number of nitrogens with one attached hydrogen (secondary N) is 3. The second kappa shape index (κ2) is 17.2. The van der Waals surface area contributed by atoms with Crippen molar-refractivity contribution < 1.29 is 33.1 Å². The van der Waals surface area contributed by atoms with Crippen LogP contribution in [0.4, 0.5) is 27.4 Å². The Hall–Kier alpha value is -6.95. The summed E-state index contributed by atoms with van der Waals surface area (Å²) in [6.07, 6.45) is 6.46. The highest BCUT2D eigenvalue weighted by molar-refractivity contribution is 6.08. The van der Waals surface area contributed by atoms with Crippen LogP contribution in [0.3, 0.4) is 0 Å². The number of carbonyl (C=O) groups excluding carboxylic acids is 5. The smallest absolute Gasteiger partial charge is 0.261 e. The van der Waals surface area contributed by atoms with Gasteiger partial charge in [0.25, 0.3) is 5.91 Å². The van der Waals surface area contributed by atoms with Gasteiger partial charge in [-0.15, -0.1) is 0 Å². The zero-order valence-corrected chi connectivity index (χ0v) is 36.3. The van der Waals surface area contributed by atoms with E-state index in [1.54, 1.807) is 30.1 Å². The molecule has 5 aliphatic rings. The largest absolute Gasteiger partial charge is 0.474 e. The molecule has 3 saturated heterocycles. The van der Waals surface area contributed by atoms with E-state index in [9.17, 15) is 24.0 Å². The predicted octanol–water partition coefficient (Wildman–Crippen LogP) is 4.19. The number of hydrogen-bond donors (Lipinski definition) is 3. The average Bonchev–Trinajstić information content (AvgIpc) is 3.59. The number of anilines is 4. The van der Waals surface area contributed by atoms with Crippen molar-refractivity contribution in [3.8, 4) is 17.0 Å². The lowest BCUT2D eigenvalue weighted by molar-refractivity contribution is -0.139. The Kier molecular flexibility index (Phi) is 11.1. The molecule has 3 N–H and O–H groups in total. The number of rotatable bonds is 10. The Morgan fingerprint density at radius 1 is 0.954 bits per heavy atom. The summed E-state index contributed by atoms with van der Waals surface area (Å²) in [7, 11) is 0. The Morgan fingerprint density at radius 3 is 2.58 bits per heavy atom. The van der Waals surface area contributed by atoms with Crippen LogP contribution in [0.5, 0.6) is 5.88 Å². The van der Waals surface area contributed by atoms with Gasteiger partial charge >= 0.3 is 0 Å². The molecule has 5 aliphatic heterocycles. The van der Waals surface area contributed by atoms with E-state index in [4.69, 9.17) is 9.84 Å². The number of piperidine rings is 2. The first-order valence-corrected chi connectivity index (χ1v) is 22.3. The van der Waals surface area contributed by atoms with Gasteiger partial charge in [0.15, 0.2) is 5.82 Å². The van der Waals surface area contributed by atoms with E-state index >= 15 is 4.39 Å². The summed E-state index contributed by atoms with van der Waals surface area (Å²) in [6, 6.07) is 11.9. The van der Waals surface area contributed by atoms with Crippen LogP contribution in [0.25, 0.3) is 21.9 Å². The first-order valence-electron chi connectivity index (χ1n) is 22.3. The van der Waals surface area contributed by atoms with Crippen LogP contribution in [0.15, 0.2) is 54.9 Å². The lowest BCUT2D eigenvalue weighted by atomic mass is 9.93. The van der Waals surface area contributed by atoms with Crippen LogP contribution in [0, 0.1) is 25.6 Å². The van der Waals surface area contributed by atoms with Gasteiger partial charge in [0, 0.05) is 111 Å². The topological polar surface area (TPSA) is 187 Å². The van der Waals surface area contributed by atoms with Gasteiger partial charge in [-0.25, -0.2) is 14.4 Å². The molecule has 0 saturated carbocycles. The number of carbonyl (C=O) groups is 5. The summed E-state index contributed by atoms with van der Waals surface area (Å²) in [5.74, 6) is 0.238. The quantitative estimate of drug-likeness (QED) is 0.134. The Morgan fingerprint density at radius 2 is 1.78 bits per heavy atom. The molecule has 3 fully saturated rings. The van der Waals surface area contributed by atoms with Gasteiger partial charge in [-0.3, -0.25) is 43.8 Å². The van der Waals surface area contributed by atoms with Crippen LogP contribution in [0.2, 0.25) is 0 Å². The lowest BCUT2D eigenvalue weighted by Gasteiger charge is -2.47. The molecular formula is C47H50FN11O6. The van der Waals surface area contributed by atoms with Crippen LogP contribution in [-0.2, 0) is 32.1 Å². The number of nitrogens with zero attached hydrogens (tertiary/aromatic N) is 8. The standard InChI is InChI=1S/C47H50FN11O6/c1-27-3-4-32(18-35(27)47(64)58(26-60)39-5-6-42(61)53-45(39)63)56-11-7-29(8-12-56)22-55-23-34(24-55)57-13-9-33-19-41(54-59(33)25-43(57)62)52-40-17-30-15-36(38(48)16-31(30)20-50-40)37-21-51-46-44(28(37)2)49-10-14-65-46/h3-4,15-21,26,29,34,39,49H,5-14,22-25H2,1-2H3,(H,50,52,54)(H,53,61,63). The summed E-state index contributed by atoms with van der Waals surface area (Å²) >= 11 is 0. The number of amides is 5. The number of pyridine rings is 2. The number of halogens is 1. The molecule has 0 aliphatic carbocycles. The summed E-state index contributed by atoms with van der Waals surface area (Å²) in [6.45, 7) is 9.94. The van der Waals surface area contributed by atoms with Gasteiger partial charge in [-0.1, -0.05) is 6.07 Å². The molecule has 1 unspecified atom stereocenters. The lowest BCUT2D eigenvalue weighted by Crippen LogP contribution is -2.62. The minimum Gasteiger partial charge on any atom is -0.474 e. The fourth-order valence-corrected chi connectivity index (χ4v) is 9.90. The van der Waals surface area contributed by atoms with Crippen LogP contribution >= 0.6 is 0 Å². The monoisotopic (exact) mass is 883 g/mol. The molecule has 336 valence electrons. The highest BCUT2D eigenvalue weighted by atomic mass is 19.1. The van der Waals surface area contributed by atoms with Crippen molar-refractivity contribution in [2.75, 3.05) is 68.0 Å². The number of likely N-dealkylation sites (tertiary alicyclic amines) is 1. The highest BCUT2D eigenvalue weighted by Crippen LogP contribution is 2.38. The first kappa shape index (κ1) is 42.0. The first-order chi connectivity index (χ1) is 31.5. The Labute approximate surface area is 374 Å². The molecule has 2 aromatic carbocycles. The van der Waals surface area contributed by atoms with Gasteiger partial charge in [0.2, 0.25) is 30.0 Å². The Balaban J connectivity index is 0.712. The molecule has 0 spiro atoms. The van der Waals surface area contributed by atoms with E-state index in [2.05, 4.69) is 35.7 Å². The van der Waals surface area contributed by atoms with Crippen LogP contribution < -0.4 is 25.6 Å². The maximum Gasteiger partial charge on any atom is 0.261 e. The molecule has 8 heterocycles. The fourth-order valence-electron chi connectivity index (χ4n) is 9.90. The van der Waals surface area contributed by atoms with E-state index in [0.717, 1.165) is 78.5 Å². The third-order valence-corrected chi connectivity index (χ3v) is 13.6. The minimum atomic E-state index is -1.02. The average molecular weight is 884 g/mol. The second-order valence-corrected chi connectivity index (χ2v) is 17.7. The van der Waals surface area contributed by atoms with Crippen molar-refractivity contribution in [1.82, 2.24) is 39.8 Å². The molecule has 0 bridgehead atoms. The zero-order valence-electron chi connectivity index (χ0n) is 36.3. The molecule has 1 atom stereocenters. The van der Waals surface area contributed by atoms with Crippen molar-refractivity contribution in [2.24, 2.45) is 5.92 Å². The number of aromatic nitrogens is 4. The summed E-state index contributed by atoms with van der Waals surface area (Å²) in [5.41, 5.74) is 5.67. The normalized spacial score (nSPS) is 19.4. The van der Waals surface area contributed by atoms with E-state index in [1.165, 1.54) is 6.07 Å². The second-order valence-electron chi connectivity index (χ2n) is 17.7. The fraction of sp³-hybridized carbons (Fsp3) is 0.404. The predicted molar refractivity (Wildman–Crippen MR) is 239 cm³/mol. The molecule has 10 rings (SSSR count). The van der Waals surface area contributed by atoms with E-state index in [0.29, 0.717) is 83.6 Å². The Bertz CT molecular complexity index is 2750. The van der Waals surface area contributed by atoms with Crippen molar-refractivity contribution in [3.05, 3.63) is 83.1 Å². The highest BCUT2D eigenvalue weighted by Gasteiger charge is 2.38. The van der Waals surface area contributed by atoms with Gasteiger partial charge < -0.3 is 25.2 Å². The van der Waals surface area contributed by atoms with Crippen LogP contribution in [-0.4, -0.2) is 129 Å². The maximum atomic E-state index is 15.5. The molecule has 18 heteroatoms. The van der Waals surface area contributed by atoms with E-state index in [1.807, 2.05) is 42.2 Å². The van der Waals surface area contributed by atoms with Crippen molar-refractivity contribution in [2.45, 2.75) is 64.6 Å². The molecule has 65 heavy (non-hydrogen) atoms. The molecule has 0 radical (unpaired) electrons. The number of hydrogen-bond acceptors (Lipinski definition) is 13. The van der Waals surface area contributed by atoms with E-state index < -0.39 is 23.8 Å². The van der Waals surface area contributed by atoms with Crippen molar-refractivity contribution in [3.63, 3.8) is 0 Å². The number of fused-ring (bicyclic) bond motifs is 3. The van der Waals surface area contributed by atoms with Gasteiger partial charge in [0.05, 0.1) is 6.04 Å². The molecular weight excluding hydrogens is 834 g/mol. The number of imide groups is 2. The summed E-state index contributed by atoms with van der Waals surface area (Å²) < 4.78 is 22.9. The van der Waals surface area contributed by atoms with Gasteiger partial charge in [0.1, 0.15) is 36.5 Å². The number of ether oxygens (including phenoxy) is 1. The number of aryl methyl sites for hydroxylation is 1. The number of benzene rings is 2. The molecule has 17 nitrogen and oxygen atoms in total. The maximum absolute atomic E-state index is 15.5. The van der Waals surface area contributed by atoms with Gasteiger partial charge in [-0.05, 0) is 85.9 Å². The molecule has 3 aromatic heterocycles. The van der Waals surface area contributed by atoms with Gasteiger partial charge in [-0.2, -0.15) is 5.10 Å². The summed E-state index contributed by atoms with van der Waals surface area (Å²) in [4.78, 5) is 79.8. The third kappa shape index (κ3) is 8.22. The zero-order chi connectivity index (χ0) is 44.9. The van der Waals surface area contributed by atoms with Crippen molar-refractivity contribution in [1.29, 1.82) is 0 Å². The minimum absolute atomic E-state index is 0.0489. The van der Waals surface area contributed by atoms with E-state index in [-0.39, 0.29) is 37.2 Å². The van der Waals surface area contributed by atoms with Crippen LogP contribution in [0.1, 0.15) is 52.9 Å². The SMILES string of the molecule is Cc1ccc(N2CCC(CN3CC(N4CCc5cc(Nc6cc7cc(-c8cnc9c(c8C)NCCO9)c(F)cc7cn6)nn5CC4=O)C3)CC2)cc1C(=O)N(C=O)C1CCC(=O)NC1=O. The molecule has 5 aromatic rings. The molecule has 5 amide bonds. The summed E-state index contributed by atoms with van der Waals surface area (Å²) in [5, 5.41) is 15.0. The van der Waals surface area contributed by atoms with Crippen molar-refractivity contribution >= 4 is 63.8 Å².